The first kappa shape index (κ1) is 15.7. The molecule has 0 radical (unpaired) electrons. The summed E-state index contributed by atoms with van der Waals surface area (Å²) < 4.78 is 0. The Morgan fingerprint density at radius 2 is 1.88 bits per heavy atom. The average Bonchev–Trinajstić information content (AvgIpc) is 1.76. The summed E-state index contributed by atoms with van der Waals surface area (Å²) in [7, 11) is 0. The maximum absolute atomic E-state index is 2.99. The van der Waals surface area contributed by atoms with Crippen molar-refractivity contribution >= 4 is 0 Å². The van der Waals surface area contributed by atoms with E-state index < -0.39 is 0 Å². The molecule has 0 atom stereocenters. The zero-order chi connectivity index (χ0) is 3.54. The third-order valence-corrected chi connectivity index (χ3v) is 0.586. The van der Waals surface area contributed by atoms with Gasteiger partial charge in [0, 0.05) is 21.7 Å². The Morgan fingerprint density at radius 3 is 2.00 bits per heavy atom. The standard InChI is InChI=1S/C5H5.2FH.Ti/c1-2-4-5-3-1;;;/h1-3H,4H2;2*1H;/q-1;;;. The second-order valence-corrected chi connectivity index (χ2v) is 1.00. The van der Waals surface area contributed by atoms with Gasteiger partial charge < -0.3 is 0 Å². The van der Waals surface area contributed by atoms with Crippen molar-refractivity contribution in [3.8, 4) is 0 Å². The van der Waals surface area contributed by atoms with Crippen molar-refractivity contribution < 1.29 is 31.1 Å². The van der Waals surface area contributed by atoms with Gasteiger partial charge in [0.05, 0.1) is 0 Å². The Hall–Kier alpha value is 0.0543. The molecule has 46 valence electrons. The van der Waals surface area contributed by atoms with Crippen LogP contribution in [0, 0.1) is 6.08 Å². The van der Waals surface area contributed by atoms with Crippen molar-refractivity contribution in [2.45, 2.75) is 6.42 Å². The van der Waals surface area contributed by atoms with Crippen LogP contribution in [0.1, 0.15) is 6.42 Å². The first-order valence-corrected chi connectivity index (χ1v) is 1.72. The third-order valence-electron chi connectivity index (χ3n) is 0.586. The Balaban J connectivity index is -0.0000000833. The molecule has 0 heterocycles. The first-order chi connectivity index (χ1) is 2.50. The molecule has 3 heteroatoms. The summed E-state index contributed by atoms with van der Waals surface area (Å²) in [6.45, 7) is 0. The molecule has 8 heavy (non-hydrogen) atoms. The molecule has 1 rings (SSSR count). The molecule has 0 unspecified atom stereocenters. The molecular weight excluding hydrogens is 146 g/mol. The fourth-order valence-corrected chi connectivity index (χ4v) is 0.340. The van der Waals surface area contributed by atoms with Gasteiger partial charge in [0.2, 0.25) is 0 Å². The summed E-state index contributed by atoms with van der Waals surface area (Å²) in [4.78, 5) is 0. The van der Waals surface area contributed by atoms with E-state index in [0.29, 0.717) is 0 Å². The smallest absolute Gasteiger partial charge is 0 e. The number of allylic oxidation sites excluding steroid dienone is 4. The largest absolute Gasteiger partial charge is 0.273 e. The van der Waals surface area contributed by atoms with Crippen LogP contribution in [0.3, 0.4) is 0 Å². The first-order valence-electron chi connectivity index (χ1n) is 1.72. The van der Waals surface area contributed by atoms with Gasteiger partial charge in [-0.3, -0.25) is 15.5 Å². The second-order valence-electron chi connectivity index (χ2n) is 1.00. The molecule has 1 aliphatic rings. The molecular formula is C5H7F2Ti-. The van der Waals surface area contributed by atoms with Crippen molar-refractivity contribution in [1.82, 2.24) is 0 Å². The van der Waals surface area contributed by atoms with Crippen LogP contribution >= 0.6 is 0 Å². The molecule has 0 bridgehead atoms. The maximum atomic E-state index is 2.99. The van der Waals surface area contributed by atoms with E-state index in [1.807, 2.05) is 12.2 Å². The van der Waals surface area contributed by atoms with E-state index in [1.165, 1.54) is 0 Å². The summed E-state index contributed by atoms with van der Waals surface area (Å²) in [5.41, 5.74) is 0. The van der Waals surface area contributed by atoms with Gasteiger partial charge in [-0.1, -0.05) is 0 Å². The molecule has 0 aliphatic heterocycles. The monoisotopic (exact) mass is 153 g/mol. The van der Waals surface area contributed by atoms with E-state index in [4.69, 9.17) is 0 Å². The summed E-state index contributed by atoms with van der Waals surface area (Å²) in [5, 5.41) is 0. The van der Waals surface area contributed by atoms with Crippen LogP contribution in [0.5, 0.6) is 0 Å². The minimum absolute atomic E-state index is 0. The maximum Gasteiger partial charge on any atom is 0 e. The van der Waals surface area contributed by atoms with Gasteiger partial charge in [-0.05, 0) is 0 Å². The summed E-state index contributed by atoms with van der Waals surface area (Å²) >= 11 is 0. The van der Waals surface area contributed by atoms with Gasteiger partial charge in [0.25, 0.3) is 0 Å². The van der Waals surface area contributed by atoms with Crippen LogP contribution < -0.4 is 0 Å². The van der Waals surface area contributed by atoms with E-state index in [9.17, 15) is 0 Å². The number of hydrogen-bond donors (Lipinski definition) is 0. The van der Waals surface area contributed by atoms with Crippen LogP contribution in [0.15, 0.2) is 18.2 Å². The molecule has 0 fully saturated rings. The fraction of sp³-hybridized carbons (Fsp3) is 0.200. The Kier molecular flexibility index (Phi) is 19.9. The molecule has 0 aromatic heterocycles. The van der Waals surface area contributed by atoms with E-state index >= 15 is 0 Å². The van der Waals surface area contributed by atoms with Crippen molar-refractivity contribution in [1.29, 1.82) is 0 Å². The van der Waals surface area contributed by atoms with E-state index in [1.54, 1.807) is 0 Å². The molecule has 0 spiro atoms. The van der Waals surface area contributed by atoms with Crippen molar-refractivity contribution in [2.24, 2.45) is 0 Å². The Labute approximate surface area is 62.3 Å². The zero-order valence-corrected chi connectivity index (χ0v) is 5.82. The fourth-order valence-electron chi connectivity index (χ4n) is 0.340. The van der Waals surface area contributed by atoms with Gasteiger partial charge in [0.1, 0.15) is 0 Å². The molecule has 0 nitrogen and oxygen atoms in total. The Morgan fingerprint density at radius 1 is 1.25 bits per heavy atom. The Bertz CT molecular complexity index is 68.5. The predicted octanol–water partition coefficient (Wildman–Crippen LogP) is 1.61. The minimum atomic E-state index is 0. The van der Waals surface area contributed by atoms with Gasteiger partial charge in [-0.2, -0.15) is 6.08 Å². The summed E-state index contributed by atoms with van der Waals surface area (Å²) in [5.74, 6) is 0. The molecule has 0 aromatic carbocycles. The van der Waals surface area contributed by atoms with Crippen molar-refractivity contribution in [3.05, 3.63) is 24.3 Å². The number of halogens is 2. The second kappa shape index (κ2) is 10.1. The van der Waals surface area contributed by atoms with E-state index in [2.05, 4.69) is 12.2 Å². The van der Waals surface area contributed by atoms with E-state index in [0.717, 1.165) is 6.42 Å². The molecule has 0 saturated carbocycles. The molecule has 0 aromatic rings. The summed E-state index contributed by atoms with van der Waals surface area (Å²) in [6, 6.07) is 0. The van der Waals surface area contributed by atoms with Gasteiger partial charge in [-0.25, -0.2) is 12.2 Å². The predicted molar refractivity (Wildman–Crippen MR) is 26.6 cm³/mol. The average molecular weight is 153 g/mol. The molecule has 1 aliphatic carbocycles. The van der Waals surface area contributed by atoms with Crippen LogP contribution in [-0.2, 0) is 21.7 Å². The molecule has 0 amide bonds. The van der Waals surface area contributed by atoms with Crippen LogP contribution in [0.2, 0.25) is 0 Å². The van der Waals surface area contributed by atoms with Crippen molar-refractivity contribution in [3.63, 3.8) is 0 Å². The van der Waals surface area contributed by atoms with Crippen molar-refractivity contribution in [2.75, 3.05) is 0 Å². The van der Waals surface area contributed by atoms with Crippen LogP contribution in [-0.4, -0.2) is 0 Å². The normalized spacial score (nSPS) is 11.0. The number of rotatable bonds is 0. The minimum Gasteiger partial charge on any atom is -0.273 e. The van der Waals surface area contributed by atoms with Crippen LogP contribution in [0.4, 0.5) is 9.41 Å². The van der Waals surface area contributed by atoms with Gasteiger partial charge in [-0.15, -0.1) is 6.42 Å². The SMILES string of the molecule is F.F.[C-]1=CC=CC1.[Ti]. The number of hydrogen-bond acceptors (Lipinski definition) is 0. The zero-order valence-electron chi connectivity index (χ0n) is 4.26. The van der Waals surface area contributed by atoms with E-state index in [-0.39, 0.29) is 31.1 Å². The summed E-state index contributed by atoms with van der Waals surface area (Å²) in [6.07, 6.45) is 10.0. The molecule has 0 saturated heterocycles. The van der Waals surface area contributed by atoms with Gasteiger partial charge >= 0.3 is 0 Å². The van der Waals surface area contributed by atoms with Crippen LogP contribution in [0.25, 0.3) is 0 Å². The van der Waals surface area contributed by atoms with Gasteiger partial charge in [0.15, 0.2) is 0 Å². The molecule has 0 N–H and O–H groups in total. The quantitative estimate of drug-likeness (QED) is 0.366. The topological polar surface area (TPSA) is 0 Å². The third kappa shape index (κ3) is 6.05.